The molecule has 0 aromatic heterocycles. The molecule has 0 aliphatic rings. The maximum Gasteiger partial charge on any atom is 0.240 e. The highest BCUT2D eigenvalue weighted by Gasteiger charge is 2.21. The number of nitrogens with zero attached hydrogens (tertiary/aromatic N) is 1. The molecule has 23 heavy (non-hydrogen) atoms. The Morgan fingerprint density at radius 2 is 1.70 bits per heavy atom. The molecule has 0 fully saturated rings. The lowest BCUT2D eigenvalue weighted by Gasteiger charge is -2.26. The SMILES string of the molecule is Cc1ccc(S(=O)(=O)NCC(c2ccccc2Cl)N(C)C)cc1. The van der Waals surface area contributed by atoms with E-state index in [2.05, 4.69) is 4.72 Å². The van der Waals surface area contributed by atoms with Crippen LogP contribution in [-0.2, 0) is 10.0 Å². The zero-order valence-corrected chi connectivity index (χ0v) is 15.0. The van der Waals surface area contributed by atoms with E-state index in [0.29, 0.717) is 5.02 Å². The summed E-state index contributed by atoms with van der Waals surface area (Å²) in [4.78, 5) is 2.21. The Morgan fingerprint density at radius 1 is 1.09 bits per heavy atom. The van der Waals surface area contributed by atoms with Gasteiger partial charge in [-0.25, -0.2) is 13.1 Å². The predicted molar refractivity (Wildman–Crippen MR) is 94.2 cm³/mol. The first-order valence-corrected chi connectivity index (χ1v) is 9.14. The molecule has 0 spiro atoms. The van der Waals surface area contributed by atoms with E-state index in [1.165, 1.54) is 0 Å². The fourth-order valence-electron chi connectivity index (χ4n) is 2.31. The largest absolute Gasteiger partial charge is 0.301 e. The summed E-state index contributed by atoms with van der Waals surface area (Å²) < 4.78 is 27.5. The first kappa shape index (κ1) is 17.9. The molecular weight excluding hydrogens is 332 g/mol. The Labute approximate surface area is 143 Å². The highest BCUT2D eigenvalue weighted by Crippen LogP contribution is 2.25. The molecule has 1 atom stereocenters. The summed E-state index contributed by atoms with van der Waals surface area (Å²) in [6, 6.07) is 14.1. The third kappa shape index (κ3) is 4.54. The van der Waals surface area contributed by atoms with Crippen LogP contribution in [0.1, 0.15) is 17.2 Å². The molecule has 2 aromatic carbocycles. The lowest BCUT2D eigenvalue weighted by Crippen LogP contribution is -2.34. The quantitative estimate of drug-likeness (QED) is 0.868. The van der Waals surface area contributed by atoms with Crippen molar-refractivity contribution in [3.63, 3.8) is 0 Å². The number of rotatable bonds is 6. The summed E-state index contributed by atoms with van der Waals surface area (Å²) >= 11 is 6.24. The minimum atomic E-state index is -3.55. The van der Waals surface area contributed by atoms with Gasteiger partial charge in [0.1, 0.15) is 0 Å². The van der Waals surface area contributed by atoms with Crippen molar-refractivity contribution < 1.29 is 8.42 Å². The van der Waals surface area contributed by atoms with E-state index < -0.39 is 10.0 Å². The van der Waals surface area contributed by atoms with Crippen molar-refractivity contribution in [2.24, 2.45) is 0 Å². The highest BCUT2D eigenvalue weighted by atomic mass is 35.5. The number of nitrogens with one attached hydrogen (secondary N) is 1. The number of aryl methyl sites for hydroxylation is 1. The molecule has 1 N–H and O–H groups in total. The number of likely N-dealkylation sites (N-methyl/N-ethyl adjacent to an activating group) is 1. The molecule has 0 saturated heterocycles. The van der Waals surface area contributed by atoms with E-state index >= 15 is 0 Å². The molecule has 0 aliphatic heterocycles. The lowest BCUT2D eigenvalue weighted by molar-refractivity contribution is 0.299. The molecular formula is C17H21ClN2O2S. The summed E-state index contributed by atoms with van der Waals surface area (Å²) in [6.07, 6.45) is 0. The molecule has 0 amide bonds. The Morgan fingerprint density at radius 3 is 2.26 bits per heavy atom. The number of halogens is 1. The van der Waals surface area contributed by atoms with E-state index in [-0.39, 0.29) is 17.5 Å². The van der Waals surface area contributed by atoms with Crippen molar-refractivity contribution in [3.05, 3.63) is 64.7 Å². The fraction of sp³-hybridized carbons (Fsp3) is 0.294. The zero-order valence-electron chi connectivity index (χ0n) is 13.5. The Kier molecular flexibility index (Phi) is 5.81. The van der Waals surface area contributed by atoms with E-state index in [9.17, 15) is 8.42 Å². The fourth-order valence-corrected chi connectivity index (χ4v) is 3.61. The zero-order chi connectivity index (χ0) is 17.0. The van der Waals surface area contributed by atoms with Crippen LogP contribution in [0.4, 0.5) is 0 Å². The minimum absolute atomic E-state index is 0.149. The lowest BCUT2D eigenvalue weighted by atomic mass is 10.1. The van der Waals surface area contributed by atoms with Gasteiger partial charge in [0.25, 0.3) is 0 Å². The standard InChI is InChI=1S/C17H21ClN2O2S/c1-13-8-10-14(11-9-13)23(21,22)19-12-17(20(2)3)15-6-4-5-7-16(15)18/h4-11,17,19H,12H2,1-3H3. The van der Waals surface area contributed by atoms with Gasteiger partial charge in [-0.05, 0) is 44.8 Å². The van der Waals surface area contributed by atoms with Gasteiger partial charge in [0.05, 0.1) is 4.90 Å². The maximum atomic E-state index is 12.4. The normalized spacial score (nSPS) is 13.3. The predicted octanol–water partition coefficient (Wildman–Crippen LogP) is 3.23. The van der Waals surface area contributed by atoms with Crippen LogP contribution in [0.5, 0.6) is 0 Å². The number of benzene rings is 2. The van der Waals surface area contributed by atoms with Gasteiger partial charge in [0.15, 0.2) is 0 Å². The van der Waals surface area contributed by atoms with E-state index in [4.69, 9.17) is 11.6 Å². The smallest absolute Gasteiger partial charge is 0.240 e. The van der Waals surface area contributed by atoms with Crippen LogP contribution in [0.2, 0.25) is 5.02 Å². The number of hydrogen-bond donors (Lipinski definition) is 1. The van der Waals surface area contributed by atoms with E-state index in [1.54, 1.807) is 24.3 Å². The van der Waals surface area contributed by atoms with Crippen LogP contribution in [0, 0.1) is 6.92 Å². The van der Waals surface area contributed by atoms with E-state index in [0.717, 1.165) is 11.1 Å². The van der Waals surface area contributed by atoms with Gasteiger partial charge in [-0.1, -0.05) is 47.5 Å². The monoisotopic (exact) mass is 352 g/mol. The molecule has 6 heteroatoms. The molecule has 2 rings (SSSR count). The van der Waals surface area contributed by atoms with Gasteiger partial charge < -0.3 is 4.90 Å². The van der Waals surface area contributed by atoms with Gasteiger partial charge in [-0.3, -0.25) is 0 Å². The molecule has 0 radical (unpaired) electrons. The molecule has 4 nitrogen and oxygen atoms in total. The first-order chi connectivity index (χ1) is 10.8. The average Bonchev–Trinajstić information content (AvgIpc) is 2.49. The summed E-state index contributed by atoms with van der Waals surface area (Å²) in [5.41, 5.74) is 1.91. The Balaban J connectivity index is 2.19. The van der Waals surface area contributed by atoms with Crippen LogP contribution in [-0.4, -0.2) is 34.0 Å². The van der Waals surface area contributed by atoms with Gasteiger partial charge in [0.2, 0.25) is 10.0 Å². The molecule has 0 aliphatic carbocycles. The Bertz CT molecular complexity index is 758. The second-order valence-corrected chi connectivity index (χ2v) is 7.84. The van der Waals surface area contributed by atoms with Crippen molar-refractivity contribution >= 4 is 21.6 Å². The van der Waals surface area contributed by atoms with Crippen molar-refractivity contribution in [1.82, 2.24) is 9.62 Å². The number of hydrogen-bond acceptors (Lipinski definition) is 3. The van der Waals surface area contributed by atoms with Crippen LogP contribution in [0.3, 0.4) is 0 Å². The molecule has 0 heterocycles. The van der Waals surface area contributed by atoms with Crippen LogP contribution < -0.4 is 4.72 Å². The summed E-state index contributed by atoms with van der Waals surface area (Å²) in [7, 11) is 0.248. The summed E-state index contributed by atoms with van der Waals surface area (Å²) in [5.74, 6) is 0. The van der Waals surface area contributed by atoms with E-state index in [1.807, 2.05) is 50.2 Å². The average molecular weight is 353 g/mol. The van der Waals surface area contributed by atoms with Crippen LogP contribution in [0.25, 0.3) is 0 Å². The second kappa shape index (κ2) is 7.45. The molecule has 1 unspecified atom stereocenters. The second-order valence-electron chi connectivity index (χ2n) is 5.67. The molecule has 0 saturated carbocycles. The number of sulfonamides is 1. The minimum Gasteiger partial charge on any atom is -0.301 e. The highest BCUT2D eigenvalue weighted by molar-refractivity contribution is 7.89. The summed E-state index contributed by atoms with van der Waals surface area (Å²) in [5, 5.41) is 0.626. The van der Waals surface area contributed by atoms with Gasteiger partial charge in [-0.15, -0.1) is 0 Å². The van der Waals surface area contributed by atoms with Crippen molar-refractivity contribution in [2.75, 3.05) is 20.6 Å². The molecule has 124 valence electrons. The van der Waals surface area contributed by atoms with Crippen molar-refractivity contribution in [2.45, 2.75) is 17.9 Å². The van der Waals surface area contributed by atoms with Crippen LogP contribution >= 0.6 is 11.6 Å². The van der Waals surface area contributed by atoms with Crippen molar-refractivity contribution in [1.29, 1.82) is 0 Å². The Hall–Kier alpha value is -1.40. The first-order valence-electron chi connectivity index (χ1n) is 7.28. The van der Waals surface area contributed by atoms with Crippen LogP contribution in [0.15, 0.2) is 53.4 Å². The third-order valence-electron chi connectivity index (χ3n) is 3.69. The molecule has 0 bridgehead atoms. The topological polar surface area (TPSA) is 49.4 Å². The molecule has 2 aromatic rings. The van der Waals surface area contributed by atoms with Crippen molar-refractivity contribution in [3.8, 4) is 0 Å². The summed E-state index contributed by atoms with van der Waals surface area (Å²) in [6.45, 7) is 2.16. The van der Waals surface area contributed by atoms with Gasteiger partial charge >= 0.3 is 0 Å². The van der Waals surface area contributed by atoms with Gasteiger partial charge in [-0.2, -0.15) is 0 Å². The maximum absolute atomic E-state index is 12.4. The van der Waals surface area contributed by atoms with Gasteiger partial charge in [0, 0.05) is 17.6 Å². The third-order valence-corrected chi connectivity index (χ3v) is 5.47.